The highest BCUT2D eigenvalue weighted by molar-refractivity contribution is 5.85. The molecule has 4 rings (SSSR count). The van der Waals surface area contributed by atoms with Crippen LogP contribution in [-0.2, 0) is 13.5 Å². The molecule has 1 atom stereocenters. The lowest BCUT2D eigenvalue weighted by Crippen LogP contribution is -2.27. The number of aromatic nitrogens is 4. The van der Waals surface area contributed by atoms with Gasteiger partial charge in [0, 0.05) is 19.5 Å². The van der Waals surface area contributed by atoms with Gasteiger partial charge in [0.05, 0.1) is 18.2 Å². The monoisotopic (exact) mass is 295 g/mol. The second-order valence-electron chi connectivity index (χ2n) is 5.60. The Kier molecular flexibility index (Phi) is 3.14. The van der Waals surface area contributed by atoms with Crippen molar-refractivity contribution in [1.82, 2.24) is 19.7 Å². The Bertz CT molecular complexity index is 813. The van der Waals surface area contributed by atoms with Gasteiger partial charge in [-0.3, -0.25) is 4.68 Å². The van der Waals surface area contributed by atoms with E-state index in [0.717, 1.165) is 42.2 Å². The summed E-state index contributed by atoms with van der Waals surface area (Å²) in [7, 11) is 1.88. The maximum absolute atomic E-state index is 5.83. The number of aryl methyl sites for hydroxylation is 1. The third-order valence-corrected chi connectivity index (χ3v) is 4.04. The summed E-state index contributed by atoms with van der Waals surface area (Å²) in [5, 5.41) is 8.59. The largest absolute Gasteiger partial charge is 0.493 e. The fourth-order valence-corrected chi connectivity index (χ4v) is 2.87. The highest BCUT2D eigenvalue weighted by Gasteiger charge is 2.19. The van der Waals surface area contributed by atoms with Gasteiger partial charge in [0.2, 0.25) is 0 Å². The van der Waals surface area contributed by atoms with E-state index in [9.17, 15) is 0 Å². The van der Waals surface area contributed by atoms with Crippen LogP contribution in [0.1, 0.15) is 5.56 Å². The Morgan fingerprint density at radius 3 is 3.18 bits per heavy atom. The van der Waals surface area contributed by atoms with Crippen LogP contribution in [0.5, 0.6) is 5.75 Å². The quantitative estimate of drug-likeness (QED) is 0.801. The normalized spacial score (nSPS) is 17.0. The third-order valence-electron chi connectivity index (χ3n) is 4.04. The van der Waals surface area contributed by atoms with Crippen molar-refractivity contribution in [3.05, 3.63) is 42.4 Å². The lowest BCUT2D eigenvalue weighted by atomic mass is 9.97. The summed E-state index contributed by atoms with van der Waals surface area (Å²) in [4.78, 5) is 8.58. The maximum Gasteiger partial charge on any atom is 0.163 e. The minimum absolute atomic E-state index is 0.427. The lowest BCUT2D eigenvalue weighted by molar-refractivity contribution is 0.229. The van der Waals surface area contributed by atoms with Gasteiger partial charge in [0.25, 0.3) is 0 Å². The zero-order chi connectivity index (χ0) is 14.9. The van der Waals surface area contributed by atoms with Crippen LogP contribution in [-0.4, -0.2) is 32.9 Å². The van der Waals surface area contributed by atoms with Gasteiger partial charge < -0.3 is 10.1 Å². The van der Waals surface area contributed by atoms with E-state index in [1.165, 1.54) is 5.56 Å². The summed E-state index contributed by atoms with van der Waals surface area (Å²) in [5.74, 6) is 2.27. The maximum atomic E-state index is 5.83. The molecular formula is C16H17N5O. The highest BCUT2D eigenvalue weighted by Crippen LogP contribution is 2.27. The van der Waals surface area contributed by atoms with E-state index >= 15 is 0 Å². The highest BCUT2D eigenvalue weighted by atomic mass is 16.5. The molecule has 0 saturated carbocycles. The zero-order valence-electron chi connectivity index (χ0n) is 12.4. The van der Waals surface area contributed by atoms with Crippen LogP contribution in [0.4, 0.5) is 5.82 Å². The van der Waals surface area contributed by atoms with Crippen LogP contribution in [0, 0.1) is 5.92 Å². The number of hydrogen-bond donors (Lipinski definition) is 1. The summed E-state index contributed by atoms with van der Waals surface area (Å²) in [6.45, 7) is 1.54. The van der Waals surface area contributed by atoms with E-state index in [2.05, 4.69) is 32.5 Å². The lowest BCUT2D eigenvalue weighted by Gasteiger charge is -2.25. The van der Waals surface area contributed by atoms with Crippen molar-refractivity contribution in [1.29, 1.82) is 0 Å². The molecule has 0 spiro atoms. The van der Waals surface area contributed by atoms with Crippen molar-refractivity contribution in [3.63, 3.8) is 0 Å². The van der Waals surface area contributed by atoms with Crippen molar-refractivity contribution < 1.29 is 4.74 Å². The average molecular weight is 295 g/mol. The van der Waals surface area contributed by atoms with Gasteiger partial charge in [-0.1, -0.05) is 18.2 Å². The molecule has 0 saturated heterocycles. The standard InChI is InChI=1S/C16H17N5O/c1-21-16-13(8-20-21)15(18-10-19-16)17-7-11-6-12-4-2-3-5-14(12)22-9-11/h2-5,8,10-11H,6-7,9H2,1H3,(H,17,18,19)/t11-/m1/s1. The number of anilines is 1. The SMILES string of the molecule is Cn1ncc2c(NC[C@@H]3COc4ccccc4C3)ncnc21. The van der Waals surface area contributed by atoms with E-state index < -0.39 is 0 Å². The van der Waals surface area contributed by atoms with E-state index in [1.807, 2.05) is 19.2 Å². The van der Waals surface area contributed by atoms with Crippen molar-refractivity contribution in [2.45, 2.75) is 6.42 Å². The molecular weight excluding hydrogens is 278 g/mol. The first kappa shape index (κ1) is 13.1. The summed E-state index contributed by atoms with van der Waals surface area (Å²) in [5.41, 5.74) is 2.11. The molecule has 1 aliphatic rings. The first-order chi connectivity index (χ1) is 10.8. The molecule has 0 bridgehead atoms. The van der Waals surface area contributed by atoms with Gasteiger partial charge in [-0.2, -0.15) is 5.10 Å². The van der Waals surface area contributed by atoms with Gasteiger partial charge in [-0.15, -0.1) is 0 Å². The number of benzene rings is 1. The Labute approximate surface area is 128 Å². The topological polar surface area (TPSA) is 64.9 Å². The Morgan fingerprint density at radius 2 is 2.23 bits per heavy atom. The van der Waals surface area contributed by atoms with Gasteiger partial charge in [-0.25, -0.2) is 9.97 Å². The van der Waals surface area contributed by atoms with E-state index in [0.29, 0.717) is 5.92 Å². The first-order valence-electron chi connectivity index (χ1n) is 7.38. The summed E-state index contributed by atoms with van der Waals surface area (Å²) < 4.78 is 7.58. The van der Waals surface area contributed by atoms with E-state index in [-0.39, 0.29) is 0 Å². The van der Waals surface area contributed by atoms with E-state index in [1.54, 1.807) is 17.2 Å². The summed E-state index contributed by atoms with van der Waals surface area (Å²) >= 11 is 0. The van der Waals surface area contributed by atoms with Crippen LogP contribution < -0.4 is 10.1 Å². The molecule has 1 N–H and O–H groups in total. The van der Waals surface area contributed by atoms with Crippen molar-refractivity contribution in [2.24, 2.45) is 13.0 Å². The van der Waals surface area contributed by atoms with Gasteiger partial charge in [0.15, 0.2) is 5.65 Å². The minimum Gasteiger partial charge on any atom is -0.493 e. The van der Waals surface area contributed by atoms with E-state index in [4.69, 9.17) is 4.74 Å². The van der Waals surface area contributed by atoms with Crippen molar-refractivity contribution in [2.75, 3.05) is 18.5 Å². The molecule has 2 aromatic heterocycles. The molecule has 1 aliphatic heterocycles. The fourth-order valence-electron chi connectivity index (χ4n) is 2.87. The van der Waals surface area contributed by atoms with Crippen LogP contribution in [0.3, 0.4) is 0 Å². The number of nitrogens with one attached hydrogen (secondary N) is 1. The number of hydrogen-bond acceptors (Lipinski definition) is 5. The smallest absolute Gasteiger partial charge is 0.163 e. The van der Waals surface area contributed by atoms with Crippen LogP contribution in [0.25, 0.3) is 11.0 Å². The van der Waals surface area contributed by atoms with Crippen LogP contribution in [0.15, 0.2) is 36.8 Å². The zero-order valence-corrected chi connectivity index (χ0v) is 12.4. The van der Waals surface area contributed by atoms with Crippen molar-refractivity contribution in [3.8, 4) is 5.75 Å². The molecule has 0 amide bonds. The van der Waals surface area contributed by atoms with Gasteiger partial charge in [-0.05, 0) is 18.1 Å². The molecule has 22 heavy (non-hydrogen) atoms. The molecule has 112 valence electrons. The molecule has 0 radical (unpaired) electrons. The number of ether oxygens (including phenoxy) is 1. The van der Waals surface area contributed by atoms with Gasteiger partial charge >= 0.3 is 0 Å². The molecule has 0 unspecified atom stereocenters. The first-order valence-corrected chi connectivity index (χ1v) is 7.38. The third kappa shape index (κ3) is 2.26. The molecule has 6 heteroatoms. The van der Waals surface area contributed by atoms with Crippen LogP contribution >= 0.6 is 0 Å². The fraction of sp³-hybridized carbons (Fsp3) is 0.312. The second kappa shape index (κ2) is 5.29. The number of para-hydroxylation sites is 1. The minimum atomic E-state index is 0.427. The summed E-state index contributed by atoms with van der Waals surface area (Å²) in [6.07, 6.45) is 4.38. The number of rotatable bonds is 3. The number of nitrogens with zero attached hydrogens (tertiary/aromatic N) is 4. The second-order valence-corrected chi connectivity index (χ2v) is 5.60. The van der Waals surface area contributed by atoms with Gasteiger partial charge in [0.1, 0.15) is 17.9 Å². The molecule has 0 aliphatic carbocycles. The number of fused-ring (bicyclic) bond motifs is 2. The predicted molar refractivity (Wildman–Crippen MR) is 83.9 cm³/mol. The summed E-state index contributed by atoms with van der Waals surface area (Å²) in [6, 6.07) is 8.23. The molecule has 1 aromatic carbocycles. The predicted octanol–water partition coefficient (Wildman–Crippen LogP) is 2.03. The molecule has 6 nitrogen and oxygen atoms in total. The Balaban J connectivity index is 1.49. The molecule has 0 fully saturated rings. The Morgan fingerprint density at radius 1 is 1.32 bits per heavy atom. The Hall–Kier alpha value is -2.63. The average Bonchev–Trinajstić information content (AvgIpc) is 2.95. The molecule has 3 aromatic rings. The molecule has 3 heterocycles. The van der Waals surface area contributed by atoms with Crippen LogP contribution in [0.2, 0.25) is 0 Å². The van der Waals surface area contributed by atoms with Crippen molar-refractivity contribution >= 4 is 16.9 Å².